The highest BCUT2D eigenvalue weighted by Crippen LogP contribution is 2.43. The number of methoxy groups -OCH3 is 2. The van der Waals surface area contributed by atoms with Crippen LogP contribution in [0.25, 0.3) is 0 Å². The molecule has 2 N–H and O–H groups in total. The van der Waals surface area contributed by atoms with Crippen molar-refractivity contribution in [2.75, 3.05) is 33.9 Å². The summed E-state index contributed by atoms with van der Waals surface area (Å²) in [6.07, 6.45) is 7.43. The van der Waals surface area contributed by atoms with Crippen LogP contribution in [0, 0.1) is 5.41 Å². The average Bonchev–Trinajstić information content (AvgIpc) is 3.24. The van der Waals surface area contributed by atoms with Gasteiger partial charge in [0, 0.05) is 33.2 Å². The summed E-state index contributed by atoms with van der Waals surface area (Å²) in [4.78, 5) is 4.80. The van der Waals surface area contributed by atoms with E-state index in [4.69, 9.17) is 18.9 Å². The van der Waals surface area contributed by atoms with Crippen LogP contribution in [-0.4, -0.2) is 39.9 Å². The van der Waals surface area contributed by atoms with E-state index in [-0.39, 0.29) is 24.0 Å². The first-order valence-electron chi connectivity index (χ1n) is 10.4. The minimum atomic E-state index is 0. The fourth-order valence-electron chi connectivity index (χ4n) is 3.62. The van der Waals surface area contributed by atoms with Crippen LogP contribution in [0.3, 0.4) is 0 Å². The lowest BCUT2D eigenvalue weighted by atomic mass is 9.67. The summed E-state index contributed by atoms with van der Waals surface area (Å²) in [7, 11) is 3.45. The van der Waals surface area contributed by atoms with Crippen LogP contribution in [0.5, 0.6) is 5.75 Å². The topological polar surface area (TPSA) is 68.0 Å². The smallest absolute Gasteiger partial charge is 0.191 e. The molecular formula is C23H34IN3O3. The summed E-state index contributed by atoms with van der Waals surface area (Å²) in [6.45, 7) is 3.12. The zero-order valence-corrected chi connectivity index (χ0v) is 20.3. The minimum absolute atomic E-state index is 0. The van der Waals surface area contributed by atoms with Gasteiger partial charge in [-0.25, -0.2) is 4.99 Å². The van der Waals surface area contributed by atoms with Gasteiger partial charge in [-0.15, -0.1) is 24.0 Å². The second-order valence-corrected chi connectivity index (χ2v) is 7.72. The first kappa shape index (κ1) is 24.5. The van der Waals surface area contributed by atoms with Gasteiger partial charge in [-0.1, -0.05) is 18.6 Å². The van der Waals surface area contributed by atoms with Crippen molar-refractivity contribution < 1.29 is 13.9 Å². The molecule has 0 spiro atoms. The summed E-state index contributed by atoms with van der Waals surface area (Å²) in [5.74, 6) is 2.68. The highest BCUT2D eigenvalue weighted by atomic mass is 127. The number of aliphatic imine (C=N–C) groups is 1. The van der Waals surface area contributed by atoms with Crippen LogP contribution in [-0.2, 0) is 17.7 Å². The predicted molar refractivity (Wildman–Crippen MR) is 131 cm³/mol. The van der Waals surface area contributed by atoms with E-state index >= 15 is 0 Å². The van der Waals surface area contributed by atoms with E-state index in [9.17, 15) is 0 Å². The number of nitrogens with one attached hydrogen (secondary N) is 2. The molecule has 0 unspecified atom stereocenters. The second kappa shape index (κ2) is 12.8. The lowest BCUT2D eigenvalue weighted by Crippen LogP contribution is -2.47. The number of rotatable bonds is 11. The van der Waals surface area contributed by atoms with Crippen LogP contribution in [0.4, 0.5) is 0 Å². The molecule has 3 rings (SSSR count). The molecule has 1 aliphatic rings. The van der Waals surface area contributed by atoms with E-state index < -0.39 is 0 Å². The summed E-state index contributed by atoms with van der Waals surface area (Å²) in [6, 6.07) is 12.0. The molecule has 0 amide bonds. The van der Waals surface area contributed by atoms with E-state index in [0.29, 0.717) is 12.0 Å². The van der Waals surface area contributed by atoms with Gasteiger partial charge in [-0.2, -0.15) is 0 Å². The maximum atomic E-state index is 5.43. The Kier molecular flexibility index (Phi) is 10.5. The third-order valence-electron chi connectivity index (χ3n) is 5.70. The molecule has 1 fully saturated rings. The summed E-state index contributed by atoms with van der Waals surface area (Å²) < 4.78 is 16.0. The molecule has 0 aliphatic heterocycles. The zero-order valence-electron chi connectivity index (χ0n) is 18.0. The van der Waals surface area contributed by atoms with Crippen LogP contribution < -0.4 is 15.4 Å². The molecule has 0 saturated heterocycles. The molecule has 1 aromatic carbocycles. The van der Waals surface area contributed by atoms with Gasteiger partial charge < -0.3 is 24.5 Å². The van der Waals surface area contributed by atoms with Crippen molar-refractivity contribution in [3.63, 3.8) is 0 Å². The van der Waals surface area contributed by atoms with Crippen LogP contribution in [0.15, 0.2) is 52.1 Å². The van der Waals surface area contributed by atoms with Gasteiger partial charge in [0.1, 0.15) is 11.5 Å². The first-order chi connectivity index (χ1) is 14.2. The summed E-state index contributed by atoms with van der Waals surface area (Å²) in [5.41, 5.74) is 1.48. The molecule has 1 saturated carbocycles. The molecule has 6 nitrogen and oxygen atoms in total. The Hall–Kier alpha value is -1.74. The maximum Gasteiger partial charge on any atom is 0.191 e. The van der Waals surface area contributed by atoms with E-state index in [1.807, 2.05) is 24.3 Å². The largest absolute Gasteiger partial charge is 0.497 e. The minimum Gasteiger partial charge on any atom is -0.497 e. The van der Waals surface area contributed by atoms with Gasteiger partial charge in [-0.05, 0) is 54.5 Å². The number of guanidine groups is 1. The average molecular weight is 527 g/mol. The molecule has 0 bridgehead atoms. The van der Waals surface area contributed by atoms with E-state index in [2.05, 4.69) is 22.8 Å². The van der Waals surface area contributed by atoms with Crippen molar-refractivity contribution in [2.24, 2.45) is 10.4 Å². The van der Waals surface area contributed by atoms with Crippen LogP contribution >= 0.6 is 24.0 Å². The Morgan fingerprint density at radius 3 is 2.53 bits per heavy atom. The van der Waals surface area contributed by atoms with Gasteiger partial charge in [0.15, 0.2) is 5.96 Å². The van der Waals surface area contributed by atoms with Crippen LogP contribution in [0.1, 0.15) is 37.0 Å². The molecular weight excluding hydrogens is 493 g/mol. The van der Waals surface area contributed by atoms with E-state index in [0.717, 1.165) is 55.6 Å². The van der Waals surface area contributed by atoms with E-state index in [1.54, 1.807) is 20.5 Å². The third-order valence-corrected chi connectivity index (χ3v) is 5.70. The molecule has 1 aromatic heterocycles. The van der Waals surface area contributed by atoms with E-state index in [1.165, 1.54) is 19.3 Å². The Balaban J connectivity index is 0.00000320. The van der Waals surface area contributed by atoms with Gasteiger partial charge in [0.2, 0.25) is 0 Å². The standard InChI is InChI=1S/C23H33N3O3.HI/c1-27-16-13-23(11-4-12-23)18-26-22(24-14-10-21-5-3-15-29-21)25-17-19-6-8-20(28-2)9-7-19;/h3,5-9,15H,4,10-14,16-18H2,1-2H3,(H2,24,25,26);1H. The summed E-state index contributed by atoms with van der Waals surface area (Å²) in [5, 5.41) is 7.02. The second-order valence-electron chi connectivity index (χ2n) is 7.72. The number of hydrogen-bond donors (Lipinski definition) is 2. The normalized spacial score (nSPS) is 15.1. The number of benzene rings is 1. The predicted octanol–water partition coefficient (Wildman–Crippen LogP) is 4.39. The van der Waals surface area contributed by atoms with Crippen molar-refractivity contribution in [2.45, 2.75) is 38.6 Å². The molecule has 30 heavy (non-hydrogen) atoms. The van der Waals surface area contributed by atoms with Crippen molar-refractivity contribution >= 4 is 29.9 Å². The fraction of sp³-hybridized carbons (Fsp3) is 0.522. The van der Waals surface area contributed by atoms with Crippen molar-refractivity contribution in [3.05, 3.63) is 54.0 Å². The van der Waals surface area contributed by atoms with Crippen molar-refractivity contribution in [3.8, 4) is 5.75 Å². The zero-order chi connectivity index (χ0) is 20.4. The Labute approximate surface area is 196 Å². The van der Waals surface area contributed by atoms with Crippen molar-refractivity contribution in [1.82, 2.24) is 10.6 Å². The SMILES string of the molecule is COCCC1(CNC(=NCc2ccc(OC)cc2)NCCc2ccco2)CCC1.I. The molecule has 166 valence electrons. The number of furan rings is 1. The Morgan fingerprint density at radius 2 is 1.93 bits per heavy atom. The number of ether oxygens (including phenoxy) is 2. The summed E-state index contributed by atoms with van der Waals surface area (Å²) >= 11 is 0. The first-order valence-corrected chi connectivity index (χ1v) is 10.4. The quantitative estimate of drug-likeness (QED) is 0.258. The van der Waals surface area contributed by atoms with Gasteiger partial charge in [0.25, 0.3) is 0 Å². The fourth-order valence-corrected chi connectivity index (χ4v) is 3.62. The Bertz CT molecular complexity index is 744. The number of nitrogens with zero attached hydrogens (tertiary/aromatic N) is 1. The third kappa shape index (κ3) is 7.50. The van der Waals surface area contributed by atoms with Gasteiger partial charge in [-0.3, -0.25) is 0 Å². The number of hydrogen-bond acceptors (Lipinski definition) is 4. The molecule has 0 atom stereocenters. The molecule has 2 aromatic rings. The lowest BCUT2D eigenvalue weighted by Gasteiger charge is -2.42. The Morgan fingerprint density at radius 1 is 1.13 bits per heavy atom. The van der Waals surface area contributed by atoms with Gasteiger partial charge in [0.05, 0.1) is 19.9 Å². The van der Waals surface area contributed by atoms with Crippen molar-refractivity contribution in [1.29, 1.82) is 0 Å². The molecule has 0 radical (unpaired) electrons. The van der Waals surface area contributed by atoms with Gasteiger partial charge >= 0.3 is 0 Å². The molecule has 1 heterocycles. The molecule has 1 aliphatic carbocycles. The van der Waals surface area contributed by atoms with Crippen LogP contribution in [0.2, 0.25) is 0 Å². The number of halogens is 1. The maximum absolute atomic E-state index is 5.43. The highest BCUT2D eigenvalue weighted by Gasteiger charge is 2.36. The lowest BCUT2D eigenvalue weighted by molar-refractivity contribution is 0.0732. The molecule has 7 heteroatoms. The monoisotopic (exact) mass is 527 g/mol. The highest BCUT2D eigenvalue weighted by molar-refractivity contribution is 14.0.